The Morgan fingerprint density at radius 1 is 1.00 bits per heavy atom. The van der Waals surface area contributed by atoms with Gasteiger partial charge in [0.15, 0.2) is 6.23 Å². The van der Waals surface area contributed by atoms with E-state index in [-0.39, 0.29) is 51.7 Å². The molecule has 0 spiro atoms. The SMILES string of the molecule is CCOc1ccn(C2O[C@@H]3CO[Si](C(C)C)(C(C)C)O[Si](C(C)C)(C(C)C)O[C@H]3/C2=C(/F)S(=O)(=O)c2ccccc2)c(=O)n1. The molecule has 0 amide bonds. The van der Waals surface area contributed by atoms with Crippen molar-refractivity contribution in [2.75, 3.05) is 13.2 Å². The van der Waals surface area contributed by atoms with Gasteiger partial charge in [0.2, 0.25) is 20.9 Å². The van der Waals surface area contributed by atoms with Gasteiger partial charge in [-0.15, -0.1) is 0 Å². The number of rotatable bonds is 9. The Balaban J connectivity index is 1.99. The van der Waals surface area contributed by atoms with Crippen molar-refractivity contribution in [3.8, 4) is 5.88 Å². The molecule has 0 bridgehead atoms. The van der Waals surface area contributed by atoms with Gasteiger partial charge in [0.25, 0.3) is 0 Å². The molecule has 2 saturated heterocycles. The van der Waals surface area contributed by atoms with Crippen molar-refractivity contribution < 1.29 is 35.2 Å². The Labute approximate surface area is 262 Å². The third-order valence-corrected chi connectivity index (χ3v) is 20.2. The maximum Gasteiger partial charge on any atom is 0.353 e. The van der Waals surface area contributed by atoms with Gasteiger partial charge in [-0.05, 0) is 41.2 Å². The molecule has 2 aliphatic heterocycles. The van der Waals surface area contributed by atoms with E-state index < -0.39 is 56.2 Å². The van der Waals surface area contributed by atoms with Crippen molar-refractivity contribution >= 4 is 27.0 Å². The Bertz CT molecular complexity index is 1500. The van der Waals surface area contributed by atoms with Crippen LogP contribution in [0.15, 0.2) is 63.0 Å². The molecule has 0 saturated carbocycles. The maximum atomic E-state index is 16.8. The van der Waals surface area contributed by atoms with E-state index in [4.69, 9.17) is 22.4 Å². The lowest BCUT2D eigenvalue weighted by Gasteiger charge is -2.51. The number of benzene rings is 1. The number of hydrogen-bond acceptors (Lipinski definition) is 9. The number of ether oxygens (including phenoxy) is 2. The highest BCUT2D eigenvalue weighted by Crippen LogP contribution is 2.50. The Kier molecular flexibility index (Phi) is 10.4. The van der Waals surface area contributed by atoms with Crippen molar-refractivity contribution in [1.82, 2.24) is 9.55 Å². The van der Waals surface area contributed by atoms with Crippen LogP contribution in [-0.4, -0.2) is 60.5 Å². The van der Waals surface area contributed by atoms with Crippen LogP contribution in [0.4, 0.5) is 4.39 Å². The molecule has 2 fully saturated rings. The number of fused-ring (bicyclic) bond motifs is 1. The second-order valence-corrected chi connectivity index (χ2v) is 23.2. The maximum absolute atomic E-state index is 16.8. The summed E-state index contributed by atoms with van der Waals surface area (Å²) in [7, 11) is -11.0. The number of hydrogen-bond donors (Lipinski definition) is 0. The summed E-state index contributed by atoms with van der Waals surface area (Å²) in [6.45, 7) is 18.4. The van der Waals surface area contributed by atoms with Crippen molar-refractivity contribution in [2.45, 2.75) is 108 Å². The topological polar surface area (TPSA) is 115 Å². The Hall–Kier alpha value is -2.21. The van der Waals surface area contributed by atoms with Crippen molar-refractivity contribution in [3.63, 3.8) is 0 Å². The second kappa shape index (κ2) is 13.3. The molecule has 1 aromatic heterocycles. The van der Waals surface area contributed by atoms with Gasteiger partial charge in [-0.2, -0.15) is 9.37 Å². The second-order valence-electron chi connectivity index (χ2n) is 12.5. The predicted octanol–water partition coefficient (Wildman–Crippen LogP) is 6.15. The largest absolute Gasteiger partial charge is 0.478 e. The van der Waals surface area contributed by atoms with Gasteiger partial charge in [0.1, 0.15) is 12.2 Å². The van der Waals surface area contributed by atoms with Gasteiger partial charge in [-0.25, -0.2) is 13.2 Å². The van der Waals surface area contributed by atoms with Crippen LogP contribution in [-0.2, 0) is 27.5 Å². The van der Waals surface area contributed by atoms with Crippen molar-refractivity contribution in [3.05, 3.63) is 63.8 Å². The molecule has 2 aromatic rings. The molecule has 3 atom stereocenters. The molecule has 0 N–H and O–H groups in total. The van der Waals surface area contributed by atoms with Crippen LogP contribution in [0.5, 0.6) is 5.88 Å². The predicted molar refractivity (Wildman–Crippen MR) is 169 cm³/mol. The molecule has 1 aromatic carbocycles. The molecule has 4 rings (SSSR count). The standard InChI is InChI=1S/C30H45FN2O8SSi2/c1-10-37-25-16-17-33(30(34)32-25)29-26(28(31)42(35,36)23-14-12-11-13-15-23)27-24(39-29)18-38-43(19(2)3,20(4)5)41-44(40-27,21(6)7)22(8)9/h11-17,19-22,24,27,29H,10,18H2,1-9H3/b28-26+/t24-,27-,29?/m1/s1. The van der Waals surface area contributed by atoms with Gasteiger partial charge >= 0.3 is 22.8 Å². The summed E-state index contributed by atoms with van der Waals surface area (Å²) in [6, 6.07) is 8.77. The first-order valence-electron chi connectivity index (χ1n) is 15.2. The molecule has 244 valence electrons. The third kappa shape index (κ3) is 6.14. The van der Waals surface area contributed by atoms with Gasteiger partial charge in [0, 0.05) is 12.3 Å². The quantitative estimate of drug-likeness (QED) is 0.290. The van der Waals surface area contributed by atoms with E-state index in [1.54, 1.807) is 13.0 Å². The van der Waals surface area contributed by atoms with Crippen LogP contribution in [0.1, 0.15) is 68.5 Å². The molecule has 2 aliphatic rings. The zero-order valence-corrected chi connectivity index (χ0v) is 29.8. The van der Waals surface area contributed by atoms with Crippen LogP contribution >= 0.6 is 0 Å². The monoisotopic (exact) mass is 668 g/mol. The summed E-state index contributed by atoms with van der Waals surface area (Å²) in [6.07, 6.45) is -2.25. The summed E-state index contributed by atoms with van der Waals surface area (Å²) in [5.74, 6) is 0.0874. The summed E-state index contributed by atoms with van der Waals surface area (Å²) in [5.41, 5.74) is -1.24. The lowest BCUT2D eigenvalue weighted by molar-refractivity contribution is -0.0562. The summed E-state index contributed by atoms with van der Waals surface area (Å²) in [5, 5.41) is -1.44. The number of halogens is 1. The molecule has 0 radical (unpaired) electrons. The first-order valence-corrected chi connectivity index (χ1v) is 20.6. The van der Waals surface area contributed by atoms with Crippen LogP contribution in [0, 0.1) is 0 Å². The number of nitrogens with zero attached hydrogens (tertiary/aromatic N) is 2. The zero-order chi connectivity index (χ0) is 32.6. The minimum atomic E-state index is -4.66. The van der Waals surface area contributed by atoms with Crippen LogP contribution in [0.25, 0.3) is 0 Å². The number of aromatic nitrogens is 2. The van der Waals surface area contributed by atoms with Crippen LogP contribution in [0.2, 0.25) is 22.2 Å². The minimum absolute atomic E-state index is 0.0359. The van der Waals surface area contributed by atoms with E-state index in [1.807, 2.05) is 27.7 Å². The lowest BCUT2D eigenvalue weighted by atomic mass is 10.1. The Morgan fingerprint density at radius 3 is 2.11 bits per heavy atom. The fraction of sp³-hybridized carbons (Fsp3) is 0.600. The van der Waals surface area contributed by atoms with E-state index >= 15 is 4.39 Å². The first-order chi connectivity index (χ1) is 20.6. The fourth-order valence-electron chi connectivity index (χ4n) is 6.13. The van der Waals surface area contributed by atoms with Crippen molar-refractivity contribution in [2.24, 2.45) is 0 Å². The third-order valence-electron chi connectivity index (χ3n) is 8.40. The van der Waals surface area contributed by atoms with Gasteiger partial charge in [-0.1, -0.05) is 73.6 Å². The van der Waals surface area contributed by atoms with E-state index in [2.05, 4.69) is 32.7 Å². The Morgan fingerprint density at radius 2 is 1.59 bits per heavy atom. The highest BCUT2D eigenvalue weighted by Gasteiger charge is 2.61. The van der Waals surface area contributed by atoms with Gasteiger partial charge in [0.05, 0.1) is 23.7 Å². The van der Waals surface area contributed by atoms with E-state index in [0.29, 0.717) is 0 Å². The molecule has 3 heterocycles. The molecule has 44 heavy (non-hydrogen) atoms. The average Bonchev–Trinajstić information content (AvgIpc) is 3.29. The summed E-state index contributed by atoms with van der Waals surface area (Å²) >= 11 is 0. The molecule has 10 nitrogen and oxygen atoms in total. The van der Waals surface area contributed by atoms with Crippen molar-refractivity contribution in [1.29, 1.82) is 0 Å². The summed E-state index contributed by atoms with van der Waals surface area (Å²) < 4.78 is 78.1. The van der Waals surface area contributed by atoms with E-state index in [1.165, 1.54) is 36.5 Å². The highest BCUT2D eigenvalue weighted by molar-refractivity contribution is 7.95. The lowest BCUT2D eigenvalue weighted by Crippen LogP contribution is -2.65. The van der Waals surface area contributed by atoms with E-state index in [0.717, 1.165) is 4.57 Å². The fourth-order valence-corrected chi connectivity index (χ4v) is 18.5. The summed E-state index contributed by atoms with van der Waals surface area (Å²) in [4.78, 5) is 17.0. The minimum Gasteiger partial charge on any atom is -0.478 e. The molecule has 14 heteroatoms. The molecular formula is C30H45FN2O8SSi2. The highest BCUT2D eigenvalue weighted by atomic mass is 32.2. The number of sulfone groups is 1. The van der Waals surface area contributed by atoms with Crippen LogP contribution in [0.3, 0.4) is 0 Å². The normalized spacial score (nSPS) is 24.8. The zero-order valence-electron chi connectivity index (χ0n) is 26.9. The van der Waals surface area contributed by atoms with Crippen LogP contribution < -0.4 is 10.4 Å². The molecule has 0 aliphatic carbocycles. The van der Waals surface area contributed by atoms with Gasteiger partial charge in [-0.3, -0.25) is 4.57 Å². The molecule has 1 unspecified atom stereocenters. The first kappa shape index (κ1) is 34.7. The molecular weight excluding hydrogens is 624 g/mol. The average molecular weight is 669 g/mol. The van der Waals surface area contributed by atoms with Gasteiger partial charge < -0.3 is 22.4 Å². The smallest absolute Gasteiger partial charge is 0.353 e. The van der Waals surface area contributed by atoms with E-state index in [9.17, 15) is 13.2 Å².